The summed E-state index contributed by atoms with van der Waals surface area (Å²) in [4.78, 5) is 20.3. The number of carbonyl (C=O) groups excluding carboxylic acids is 1. The summed E-state index contributed by atoms with van der Waals surface area (Å²) in [5.41, 5.74) is 4.35. The Balaban J connectivity index is 3.15. The normalized spacial score (nSPS) is 9.54. The van der Waals surface area contributed by atoms with Crippen molar-refractivity contribution in [3.63, 3.8) is 0 Å². The highest BCUT2D eigenvalue weighted by Gasteiger charge is 2.22. The lowest BCUT2D eigenvalue weighted by atomic mass is 10.2. The van der Waals surface area contributed by atoms with Crippen LogP contribution in [0.25, 0.3) is 5.57 Å². The Labute approximate surface area is 72.8 Å². The molecule has 0 atom stereocenters. The van der Waals surface area contributed by atoms with Crippen LogP contribution in [0.5, 0.6) is 0 Å². The van der Waals surface area contributed by atoms with E-state index in [2.05, 4.69) is 6.58 Å². The number of rotatable bonds is 3. The van der Waals surface area contributed by atoms with E-state index in [1.54, 1.807) is 0 Å². The highest BCUT2D eigenvalue weighted by atomic mass is 16.6. The van der Waals surface area contributed by atoms with E-state index in [-0.39, 0.29) is 17.0 Å². The van der Waals surface area contributed by atoms with Crippen molar-refractivity contribution in [1.82, 2.24) is 0 Å². The van der Waals surface area contributed by atoms with Crippen LogP contribution in [0.2, 0.25) is 0 Å². The average molecular weight is 182 g/mol. The van der Waals surface area contributed by atoms with Crippen molar-refractivity contribution in [3.05, 3.63) is 34.8 Å². The molecule has 0 saturated carbocycles. The highest BCUT2D eigenvalue weighted by molar-refractivity contribution is 6.18. The summed E-state index contributed by atoms with van der Waals surface area (Å²) in [7, 11) is 0. The van der Waals surface area contributed by atoms with Crippen molar-refractivity contribution in [2.75, 3.05) is 0 Å². The molecule has 0 unspecified atom stereocenters. The topological polar surface area (TPSA) is 99.4 Å². The summed E-state index contributed by atoms with van der Waals surface area (Å²) in [5, 5.41) is 10.4. The molecule has 0 aromatic carbocycles. The van der Waals surface area contributed by atoms with Crippen LogP contribution in [-0.2, 0) is 4.79 Å². The molecule has 1 heterocycles. The van der Waals surface area contributed by atoms with Crippen LogP contribution in [-0.4, -0.2) is 10.8 Å². The Morgan fingerprint density at radius 3 is 2.77 bits per heavy atom. The molecule has 1 rings (SSSR count). The molecule has 0 saturated heterocycles. The number of hydrogen-bond acceptors (Lipinski definition) is 4. The molecule has 0 fully saturated rings. The largest absolute Gasteiger partial charge is 0.457 e. The molecule has 1 aromatic rings. The van der Waals surface area contributed by atoms with E-state index < -0.39 is 10.8 Å². The molecule has 1 aromatic heterocycles. The van der Waals surface area contributed by atoms with Gasteiger partial charge >= 0.3 is 5.69 Å². The number of amides is 1. The molecule has 0 radical (unpaired) electrons. The van der Waals surface area contributed by atoms with Gasteiger partial charge in [-0.3, -0.25) is 14.9 Å². The summed E-state index contributed by atoms with van der Waals surface area (Å²) in [6, 6.07) is 1.13. The minimum atomic E-state index is -0.849. The van der Waals surface area contributed by atoms with E-state index in [1.165, 1.54) is 0 Å². The van der Waals surface area contributed by atoms with Gasteiger partial charge in [0.15, 0.2) is 0 Å². The van der Waals surface area contributed by atoms with Crippen LogP contribution in [0.1, 0.15) is 5.76 Å². The molecule has 6 nitrogen and oxygen atoms in total. The Morgan fingerprint density at radius 2 is 2.31 bits per heavy atom. The Kier molecular flexibility index (Phi) is 2.14. The molecular weight excluding hydrogens is 176 g/mol. The first-order valence-corrected chi connectivity index (χ1v) is 3.25. The van der Waals surface area contributed by atoms with Gasteiger partial charge in [-0.25, -0.2) is 0 Å². The molecular formula is C7H6N2O4. The quantitative estimate of drug-likeness (QED) is 0.422. The summed E-state index contributed by atoms with van der Waals surface area (Å²) >= 11 is 0. The van der Waals surface area contributed by atoms with Crippen LogP contribution in [0, 0.1) is 10.1 Å². The minimum absolute atomic E-state index is 0.197. The van der Waals surface area contributed by atoms with E-state index in [1.807, 2.05) is 0 Å². The molecule has 0 aliphatic carbocycles. The van der Waals surface area contributed by atoms with E-state index in [0.29, 0.717) is 0 Å². The first kappa shape index (κ1) is 8.98. The maximum Gasteiger partial charge on any atom is 0.315 e. The first-order valence-electron chi connectivity index (χ1n) is 3.25. The minimum Gasteiger partial charge on any atom is -0.457 e. The number of nitrogens with two attached hydrogens (primary N) is 1. The number of nitrogens with zero attached hydrogens (tertiary/aromatic N) is 1. The maximum atomic E-state index is 10.6. The number of furan rings is 1. The van der Waals surface area contributed by atoms with Crippen LogP contribution in [0.3, 0.4) is 0 Å². The monoisotopic (exact) mass is 182 g/mol. The van der Waals surface area contributed by atoms with Crippen LogP contribution in [0.4, 0.5) is 5.69 Å². The molecule has 1 amide bonds. The third-order valence-corrected chi connectivity index (χ3v) is 1.41. The molecule has 6 heteroatoms. The average Bonchev–Trinajstić information content (AvgIpc) is 2.50. The van der Waals surface area contributed by atoms with Gasteiger partial charge in [0.25, 0.3) is 5.91 Å². The van der Waals surface area contributed by atoms with E-state index in [9.17, 15) is 14.9 Å². The molecule has 13 heavy (non-hydrogen) atoms. The molecule has 0 spiro atoms. The van der Waals surface area contributed by atoms with Crippen molar-refractivity contribution in [3.8, 4) is 0 Å². The van der Waals surface area contributed by atoms with Crippen LogP contribution in [0.15, 0.2) is 23.3 Å². The third kappa shape index (κ3) is 1.56. The van der Waals surface area contributed by atoms with Crippen LogP contribution >= 0.6 is 0 Å². The molecule has 2 N–H and O–H groups in total. The van der Waals surface area contributed by atoms with E-state index in [4.69, 9.17) is 10.2 Å². The number of nitro groups is 1. The molecule has 68 valence electrons. The van der Waals surface area contributed by atoms with E-state index >= 15 is 0 Å². The molecule has 0 aliphatic rings. The number of carbonyl (C=O) groups is 1. The van der Waals surface area contributed by atoms with Gasteiger partial charge in [0, 0.05) is 0 Å². The second-order valence-electron chi connectivity index (χ2n) is 2.23. The number of primary amides is 1. The zero-order valence-corrected chi connectivity index (χ0v) is 6.52. The van der Waals surface area contributed by atoms with Gasteiger partial charge in [-0.15, -0.1) is 0 Å². The van der Waals surface area contributed by atoms with Crippen molar-refractivity contribution >= 4 is 17.2 Å². The Hall–Kier alpha value is -2.11. The molecule has 0 aliphatic heterocycles. The summed E-state index contributed by atoms with van der Waals surface area (Å²) in [6.07, 6.45) is 1.10. The number of hydrogen-bond donors (Lipinski definition) is 1. The second-order valence-corrected chi connectivity index (χ2v) is 2.23. The zero-order chi connectivity index (χ0) is 10.0. The van der Waals surface area contributed by atoms with Crippen LogP contribution < -0.4 is 5.73 Å². The molecule has 0 bridgehead atoms. The van der Waals surface area contributed by atoms with Gasteiger partial charge in [0.05, 0.1) is 22.8 Å². The SMILES string of the molecule is C=C(C(N)=O)c1occc1[N+](=O)[O-]. The second kappa shape index (κ2) is 3.10. The first-order chi connectivity index (χ1) is 6.04. The van der Waals surface area contributed by atoms with Gasteiger partial charge in [-0.2, -0.15) is 0 Å². The maximum absolute atomic E-state index is 10.6. The van der Waals surface area contributed by atoms with E-state index in [0.717, 1.165) is 12.3 Å². The fraction of sp³-hybridized carbons (Fsp3) is 0. The van der Waals surface area contributed by atoms with Gasteiger partial charge in [0.1, 0.15) is 0 Å². The third-order valence-electron chi connectivity index (χ3n) is 1.41. The fourth-order valence-electron chi connectivity index (χ4n) is 0.784. The lowest BCUT2D eigenvalue weighted by Gasteiger charge is -1.94. The summed E-state index contributed by atoms with van der Waals surface area (Å²) in [5.74, 6) is -1.05. The highest BCUT2D eigenvalue weighted by Crippen LogP contribution is 2.25. The lowest BCUT2D eigenvalue weighted by molar-refractivity contribution is -0.385. The summed E-state index contributed by atoms with van der Waals surface area (Å²) < 4.78 is 4.71. The van der Waals surface area contributed by atoms with Gasteiger partial charge < -0.3 is 10.2 Å². The van der Waals surface area contributed by atoms with Crippen molar-refractivity contribution in [2.24, 2.45) is 5.73 Å². The van der Waals surface area contributed by atoms with Gasteiger partial charge in [-0.1, -0.05) is 6.58 Å². The smallest absolute Gasteiger partial charge is 0.315 e. The fourth-order valence-corrected chi connectivity index (χ4v) is 0.784. The van der Waals surface area contributed by atoms with Gasteiger partial charge in [0.2, 0.25) is 5.76 Å². The lowest BCUT2D eigenvalue weighted by Crippen LogP contribution is -2.12. The van der Waals surface area contributed by atoms with Crippen molar-refractivity contribution < 1.29 is 14.1 Å². The zero-order valence-electron chi connectivity index (χ0n) is 6.52. The predicted octanol–water partition coefficient (Wildman–Crippen LogP) is 0.686. The van der Waals surface area contributed by atoms with Crippen molar-refractivity contribution in [1.29, 1.82) is 0 Å². The summed E-state index contributed by atoms with van der Waals surface area (Å²) in [6.45, 7) is 3.27. The van der Waals surface area contributed by atoms with Crippen molar-refractivity contribution in [2.45, 2.75) is 0 Å². The van der Waals surface area contributed by atoms with Gasteiger partial charge in [-0.05, 0) is 0 Å². The Bertz CT molecular complexity index is 380. The Morgan fingerprint density at radius 1 is 1.69 bits per heavy atom. The standard InChI is InChI=1S/C7H6N2O4/c1-4(7(8)10)6-5(9(11)12)2-3-13-6/h2-3H,1H2,(H2,8,10). The predicted molar refractivity (Wildman–Crippen MR) is 43.6 cm³/mol.